The summed E-state index contributed by atoms with van der Waals surface area (Å²) in [6.07, 6.45) is 9.39. The number of nitrogens with one attached hydrogen (secondary N) is 1. The smallest absolute Gasteiger partial charge is 0.281 e. The number of carbonyl (C=O) groups is 5. The normalized spacial score (nSPS) is 17.9. The first-order valence-electron chi connectivity index (χ1n) is 43.9. The number of fused-ring (bicyclic) bond motifs is 15. The molecule has 12 heterocycles. The molecule has 698 valence electrons. The molecule has 0 aliphatic carbocycles. The number of aromatic nitrogens is 6. The molecule has 6 unspecified atom stereocenters. The number of phenols is 3. The van der Waals surface area contributed by atoms with Crippen LogP contribution in [-0.2, 0) is 30.4 Å². The van der Waals surface area contributed by atoms with Crippen LogP contribution in [0, 0.1) is 55.7 Å². The number of aryl methyl sites for hydroxylation is 3. The summed E-state index contributed by atoms with van der Waals surface area (Å²) in [5.41, 5.74) is 0.474. The summed E-state index contributed by atoms with van der Waals surface area (Å²) in [6, 6.07) is 17.9. The van der Waals surface area contributed by atoms with Crippen molar-refractivity contribution >= 4 is 125 Å². The fourth-order valence-electron chi connectivity index (χ4n) is 20.0. The van der Waals surface area contributed by atoms with E-state index in [4.69, 9.17) is 34.8 Å². The topological polar surface area (TPSA) is 285 Å². The van der Waals surface area contributed by atoms with Gasteiger partial charge in [-0.05, 0) is 180 Å². The first-order valence-corrected chi connectivity index (χ1v) is 45.1. The number of amides is 5. The highest BCUT2D eigenvalue weighted by molar-refractivity contribution is 6.35. The number of likely N-dealkylation sites (N-methyl/N-ethyl adjacent to an activating group) is 1. The van der Waals surface area contributed by atoms with Crippen molar-refractivity contribution in [1.29, 1.82) is 0 Å². The average Bonchev–Trinajstić information content (AvgIpc) is 0.707. The largest absolute Gasteiger partial charge is 0.507 e. The highest BCUT2D eigenvalue weighted by Gasteiger charge is 2.49. The van der Waals surface area contributed by atoms with Crippen LogP contribution < -0.4 is 41.6 Å². The number of benzene rings is 6. The van der Waals surface area contributed by atoms with Crippen LogP contribution in [0.15, 0.2) is 162 Å². The third-order valence-corrected chi connectivity index (χ3v) is 27.3. The number of phenolic OH excluding ortho intramolecular Hbond substituents is 3. The molecule has 6 aliphatic rings. The second-order valence-electron chi connectivity index (χ2n) is 35.7. The fourth-order valence-corrected chi connectivity index (χ4v) is 20.8. The Morgan fingerprint density at radius 3 is 1.18 bits per heavy atom. The monoisotopic (exact) mass is 1900 g/mol. The highest BCUT2D eigenvalue weighted by Crippen LogP contribution is 2.52. The Hall–Kier alpha value is -13.8. The van der Waals surface area contributed by atoms with E-state index in [1.165, 1.54) is 99.1 Å². The maximum atomic E-state index is 17.3. The molecule has 0 saturated carbocycles. The quantitative estimate of drug-likeness (QED) is 0.0653. The van der Waals surface area contributed by atoms with Gasteiger partial charge in [-0.3, -0.25) is 67.0 Å². The standard InChI is InChI=1S/C34H32ClF2N5O4.C34H33ClF2N4O3.C33H30ClF2N5O4/c1-7-24(44)40-15-22-33(45)39(6)32-31(41(22)14-18(40)5)19-13-21(36)26(25-20(35)9-8-10-23(25)43)27(37)30(19)42(34(32)46)29-17(4)11-12-38-28(29)16(2)3;1-6-26(43)39-16-20-10-11-21-32(40(20)15-19(39)5)22-14-24(36)28(27-23(35)8-7-9-25(27)42)29(37)33(22)41(34(21)44)31-18(4)12-13-38-30(31)17(2)3;1-6-23(43)39-14-21-32(44)38-28-31(40(21)13-17(39)5)18-12-20(35)25(24-19(34)8-7-9-22(24)42)26(36)30(18)41(33(28)45)29-16(4)10-11-37-27(29)15(2)3/h7-13,16,18,22,43H,1,14-15H2,2-6H3;6-9,12-14,17,19-20,42H,1,10-11,15-16H2,2-5H3;6-12,15,17,21,42H,1,13-14H2,2-5H3,(H,38,44). The van der Waals surface area contributed by atoms with Crippen LogP contribution in [0.1, 0.15) is 126 Å². The molecule has 3 fully saturated rings. The molecule has 0 radical (unpaired) electrons. The third kappa shape index (κ3) is 15.5. The van der Waals surface area contributed by atoms with Gasteiger partial charge in [-0.15, -0.1) is 0 Å². The van der Waals surface area contributed by atoms with Gasteiger partial charge < -0.3 is 54.9 Å². The van der Waals surface area contributed by atoms with Crippen LogP contribution in [-0.4, -0.2) is 171 Å². The number of pyridine rings is 6. The Labute approximate surface area is 786 Å². The number of rotatable bonds is 12. The van der Waals surface area contributed by atoms with Crippen LogP contribution in [0.4, 0.5) is 54.8 Å². The molecule has 0 spiro atoms. The van der Waals surface area contributed by atoms with E-state index in [0.717, 1.165) is 27.3 Å². The zero-order valence-corrected chi connectivity index (χ0v) is 78.2. The molecule has 6 aromatic carbocycles. The van der Waals surface area contributed by atoms with E-state index in [9.17, 15) is 53.7 Å². The van der Waals surface area contributed by atoms with E-state index in [1.807, 2.05) is 60.3 Å². The Morgan fingerprint density at radius 2 is 0.793 bits per heavy atom. The minimum absolute atomic E-state index is 0.00792. The maximum absolute atomic E-state index is 17.3. The molecule has 0 bridgehead atoms. The van der Waals surface area contributed by atoms with Gasteiger partial charge in [0.1, 0.15) is 58.2 Å². The summed E-state index contributed by atoms with van der Waals surface area (Å²) < 4.78 is 104. The van der Waals surface area contributed by atoms with Gasteiger partial charge in [-0.25, -0.2) is 26.3 Å². The third-order valence-electron chi connectivity index (χ3n) is 26.3. The minimum atomic E-state index is -1.13. The van der Waals surface area contributed by atoms with E-state index in [-0.39, 0.29) is 172 Å². The molecule has 34 heteroatoms. The number of carbonyl (C=O) groups excluding carboxylic acids is 5. The van der Waals surface area contributed by atoms with Crippen LogP contribution in [0.25, 0.3) is 83.2 Å². The molecular weight excluding hydrogens is 1810 g/mol. The van der Waals surface area contributed by atoms with Crippen molar-refractivity contribution in [2.24, 2.45) is 0 Å². The fraction of sp³-hybridized carbons (Fsp3) is 0.297. The number of aromatic hydroxyl groups is 3. The lowest BCUT2D eigenvalue weighted by Crippen LogP contribution is -2.66. The Kier molecular flexibility index (Phi) is 25.3. The predicted octanol–water partition coefficient (Wildman–Crippen LogP) is 18.0. The predicted molar refractivity (Wildman–Crippen MR) is 512 cm³/mol. The van der Waals surface area contributed by atoms with Gasteiger partial charge in [0.15, 0.2) is 17.5 Å². The molecule has 5 amide bonds. The SMILES string of the molecule is C=CC(=O)N1CC2C(=O)N(C)c3c(c4cc(F)c(-c5c(O)cccc5Cl)c(F)c4n(-c4c(C)ccnc4C(C)C)c3=O)N2CC1C.C=CC(=O)N1CC2C(=O)Nc3c(c4cc(F)c(-c5c(O)cccc5Cl)c(F)c4n(-c4c(C)ccnc4C(C)C)c3=O)N2CC1C.C=CC(=O)N1CC2CCc3c(c4cc(F)c(-c5c(O)cccc5Cl)c(F)c4n(-c4c(C)ccnc4C(C)C)c3=O)N2CC1C. The molecule has 6 aromatic heterocycles. The van der Waals surface area contributed by atoms with Crippen molar-refractivity contribution in [2.75, 3.05) is 71.2 Å². The Balaban J connectivity index is 0.000000147. The number of halogens is 9. The van der Waals surface area contributed by atoms with Crippen molar-refractivity contribution in [3.8, 4) is 67.7 Å². The first kappa shape index (κ1) is 94.4. The van der Waals surface area contributed by atoms with Gasteiger partial charge in [0.2, 0.25) is 23.6 Å². The average molecular weight is 1900 g/mol. The lowest BCUT2D eigenvalue weighted by Gasteiger charge is -2.50. The van der Waals surface area contributed by atoms with Crippen LogP contribution >= 0.6 is 34.8 Å². The van der Waals surface area contributed by atoms with E-state index >= 15 is 26.3 Å². The van der Waals surface area contributed by atoms with Crippen molar-refractivity contribution in [1.82, 2.24) is 43.4 Å². The first-order chi connectivity index (χ1) is 64.1. The molecule has 135 heavy (non-hydrogen) atoms. The Morgan fingerprint density at radius 1 is 0.444 bits per heavy atom. The summed E-state index contributed by atoms with van der Waals surface area (Å²) in [7, 11) is 1.44. The Bertz CT molecular complexity index is 7270. The summed E-state index contributed by atoms with van der Waals surface area (Å²) in [4.78, 5) is 134. The van der Waals surface area contributed by atoms with Crippen LogP contribution in [0.5, 0.6) is 17.2 Å². The zero-order valence-electron chi connectivity index (χ0n) is 75.9. The number of piperazine rings is 3. The highest BCUT2D eigenvalue weighted by atomic mass is 35.5. The summed E-state index contributed by atoms with van der Waals surface area (Å²) in [5.74, 6) is -9.96. The van der Waals surface area contributed by atoms with Crippen LogP contribution in [0.3, 0.4) is 0 Å². The van der Waals surface area contributed by atoms with E-state index in [1.54, 1.807) is 79.2 Å². The van der Waals surface area contributed by atoms with E-state index in [2.05, 4.69) is 40.0 Å². The zero-order chi connectivity index (χ0) is 97.4. The van der Waals surface area contributed by atoms with E-state index < -0.39 is 116 Å². The molecule has 12 aromatic rings. The van der Waals surface area contributed by atoms with Gasteiger partial charge in [0.05, 0.1) is 113 Å². The molecular formula is C101H95Cl3F6N14O11. The number of hydrogen-bond donors (Lipinski definition) is 4. The molecule has 6 atom stereocenters. The number of anilines is 5. The van der Waals surface area contributed by atoms with Crippen LogP contribution in [0.2, 0.25) is 15.1 Å². The summed E-state index contributed by atoms with van der Waals surface area (Å²) in [6.45, 7) is 33.9. The molecule has 4 N–H and O–H groups in total. The lowest BCUT2D eigenvalue weighted by atomic mass is 9.89. The second kappa shape index (κ2) is 36.2. The number of hydrogen-bond acceptors (Lipinski definition) is 17. The minimum Gasteiger partial charge on any atom is -0.507 e. The molecule has 18 rings (SSSR count). The summed E-state index contributed by atoms with van der Waals surface area (Å²) in [5, 5.41) is 34.8. The van der Waals surface area contributed by atoms with Gasteiger partial charge in [-0.1, -0.05) is 114 Å². The number of nitrogens with zero attached hydrogens (tertiary/aromatic N) is 13. The van der Waals surface area contributed by atoms with E-state index in [0.29, 0.717) is 82.3 Å². The van der Waals surface area contributed by atoms with Crippen molar-refractivity contribution < 1.29 is 65.6 Å². The second-order valence-corrected chi connectivity index (χ2v) is 36.9. The maximum Gasteiger partial charge on any atom is 0.281 e. The van der Waals surface area contributed by atoms with Gasteiger partial charge in [0, 0.05) is 114 Å². The van der Waals surface area contributed by atoms with Crippen molar-refractivity contribution in [2.45, 2.75) is 150 Å². The van der Waals surface area contributed by atoms with Gasteiger partial charge in [-0.2, -0.15) is 0 Å². The van der Waals surface area contributed by atoms with Crippen molar-refractivity contribution in [3.05, 3.63) is 268 Å². The lowest BCUT2D eigenvalue weighted by molar-refractivity contribution is -0.132. The molecule has 3 saturated heterocycles. The van der Waals surface area contributed by atoms with Gasteiger partial charge in [0.25, 0.3) is 22.6 Å². The van der Waals surface area contributed by atoms with Crippen molar-refractivity contribution in [3.63, 3.8) is 0 Å². The molecule has 6 aliphatic heterocycles. The molecule has 25 nitrogen and oxygen atoms in total. The summed E-state index contributed by atoms with van der Waals surface area (Å²) >= 11 is 19.1. The van der Waals surface area contributed by atoms with Gasteiger partial charge >= 0.3 is 0 Å².